The molecule has 2 aliphatic rings. The molecule has 0 radical (unpaired) electrons. The maximum absolute atomic E-state index is 12.1. The summed E-state index contributed by atoms with van der Waals surface area (Å²) in [5.74, 6) is -0.499. The normalized spacial score (nSPS) is 20.7. The molecule has 0 atom stereocenters. The number of piperidine rings is 2. The molecule has 0 N–H and O–H groups in total. The largest absolute Gasteiger partial charge is 0.448 e. The molecule has 136 valence electrons. The number of amides is 2. The Morgan fingerprint density at radius 3 is 1.96 bits per heavy atom. The SMILES string of the molecule is CN1CCC(C2CCN(C(=O)C(=O)OCC(=O)N(C)C)CC2)CC1. The first kappa shape index (κ1) is 18.7. The van der Waals surface area contributed by atoms with Gasteiger partial charge in [0.05, 0.1) is 0 Å². The number of esters is 1. The van der Waals surface area contributed by atoms with Gasteiger partial charge in [-0.25, -0.2) is 4.79 Å². The number of carbonyl (C=O) groups excluding carboxylic acids is 3. The van der Waals surface area contributed by atoms with E-state index in [4.69, 9.17) is 4.74 Å². The number of nitrogens with zero attached hydrogens (tertiary/aromatic N) is 3. The van der Waals surface area contributed by atoms with Gasteiger partial charge in [0.15, 0.2) is 6.61 Å². The minimum absolute atomic E-state index is 0.336. The van der Waals surface area contributed by atoms with Crippen molar-refractivity contribution in [1.29, 1.82) is 0 Å². The molecule has 2 amide bonds. The van der Waals surface area contributed by atoms with Crippen LogP contribution in [0.15, 0.2) is 0 Å². The third kappa shape index (κ3) is 4.93. The minimum atomic E-state index is -0.928. The fourth-order valence-corrected chi connectivity index (χ4v) is 3.52. The van der Waals surface area contributed by atoms with Gasteiger partial charge in [-0.3, -0.25) is 9.59 Å². The van der Waals surface area contributed by atoms with Gasteiger partial charge < -0.3 is 19.4 Å². The van der Waals surface area contributed by atoms with Crippen LogP contribution in [-0.2, 0) is 19.1 Å². The molecule has 0 aromatic heterocycles. The Labute approximate surface area is 143 Å². The average molecular weight is 339 g/mol. The van der Waals surface area contributed by atoms with Gasteiger partial charge in [0.2, 0.25) is 0 Å². The number of hydrogen-bond acceptors (Lipinski definition) is 5. The van der Waals surface area contributed by atoms with Crippen molar-refractivity contribution in [3.8, 4) is 0 Å². The van der Waals surface area contributed by atoms with Crippen molar-refractivity contribution in [3.63, 3.8) is 0 Å². The van der Waals surface area contributed by atoms with Crippen LogP contribution in [0.25, 0.3) is 0 Å². The standard InChI is InChI=1S/C17H29N3O4/c1-18(2)15(21)12-24-17(23)16(22)20-10-6-14(7-11-20)13-4-8-19(3)9-5-13/h13-14H,4-12H2,1-3H3. The summed E-state index contributed by atoms with van der Waals surface area (Å²) in [5, 5.41) is 0. The molecule has 0 saturated carbocycles. The molecule has 0 bridgehead atoms. The van der Waals surface area contributed by atoms with Crippen LogP contribution < -0.4 is 0 Å². The molecule has 2 aliphatic heterocycles. The lowest BCUT2D eigenvalue weighted by Gasteiger charge is -2.39. The lowest BCUT2D eigenvalue weighted by molar-refractivity contribution is -0.163. The first-order valence-electron chi connectivity index (χ1n) is 8.73. The van der Waals surface area contributed by atoms with Crippen molar-refractivity contribution in [2.24, 2.45) is 11.8 Å². The Morgan fingerprint density at radius 2 is 1.46 bits per heavy atom. The second kappa shape index (κ2) is 8.46. The fourth-order valence-electron chi connectivity index (χ4n) is 3.52. The van der Waals surface area contributed by atoms with Gasteiger partial charge in [-0.2, -0.15) is 0 Å². The maximum Gasteiger partial charge on any atom is 0.397 e. The number of likely N-dealkylation sites (tertiary alicyclic amines) is 2. The maximum atomic E-state index is 12.1. The van der Waals surface area contributed by atoms with Crippen molar-refractivity contribution in [3.05, 3.63) is 0 Å². The first-order valence-corrected chi connectivity index (χ1v) is 8.73. The molecule has 0 aromatic carbocycles. The topological polar surface area (TPSA) is 70.2 Å². The zero-order chi connectivity index (χ0) is 17.7. The third-order valence-electron chi connectivity index (χ3n) is 5.26. The summed E-state index contributed by atoms with van der Waals surface area (Å²) in [6.07, 6.45) is 4.35. The van der Waals surface area contributed by atoms with E-state index in [9.17, 15) is 14.4 Å². The van der Waals surface area contributed by atoms with Gasteiger partial charge in [0.25, 0.3) is 5.91 Å². The van der Waals surface area contributed by atoms with Crippen LogP contribution >= 0.6 is 0 Å². The lowest BCUT2D eigenvalue weighted by Crippen LogP contribution is -2.45. The van der Waals surface area contributed by atoms with Gasteiger partial charge in [-0.15, -0.1) is 0 Å². The summed E-state index contributed by atoms with van der Waals surface area (Å²) in [5.41, 5.74) is 0. The fraction of sp³-hybridized carbons (Fsp3) is 0.824. The van der Waals surface area contributed by atoms with E-state index in [2.05, 4.69) is 11.9 Å². The van der Waals surface area contributed by atoms with Crippen molar-refractivity contribution in [2.45, 2.75) is 25.7 Å². The Bertz CT molecular complexity index is 464. The molecule has 0 aromatic rings. The molecule has 2 fully saturated rings. The van der Waals surface area contributed by atoms with E-state index < -0.39 is 11.9 Å². The first-order chi connectivity index (χ1) is 11.4. The highest BCUT2D eigenvalue weighted by Gasteiger charge is 2.32. The van der Waals surface area contributed by atoms with E-state index >= 15 is 0 Å². The number of hydrogen-bond donors (Lipinski definition) is 0. The van der Waals surface area contributed by atoms with Crippen molar-refractivity contribution >= 4 is 17.8 Å². The molecule has 2 rings (SSSR count). The third-order valence-corrected chi connectivity index (χ3v) is 5.26. The quantitative estimate of drug-likeness (QED) is 0.543. The highest BCUT2D eigenvalue weighted by Crippen LogP contribution is 2.32. The van der Waals surface area contributed by atoms with Gasteiger partial charge >= 0.3 is 11.9 Å². The highest BCUT2D eigenvalue weighted by molar-refractivity contribution is 6.32. The predicted molar refractivity (Wildman–Crippen MR) is 89.2 cm³/mol. The van der Waals surface area contributed by atoms with Crippen LogP contribution in [0, 0.1) is 11.8 Å². The van der Waals surface area contributed by atoms with Crippen molar-refractivity contribution in [1.82, 2.24) is 14.7 Å². The van der Waals surface area contributed by atoms with Crippen LogP contribution in [0.5, 0.6) is 0 Å². The average Bonchev–Trinajstić information content (AvgIpc) is 2.59. The van der Waals surface area contributed by atoms with Crippen LogP contribution in [0.2, 0.25) is 0 Å². The molecule has 0 spiro atoms. The monoisotopic (exact) mass is 339 g/mol. The number of carbonyl (C=O) groups is 3. The number of ether oxygens (including phenoxy) is 1. The molecule has 7 heteroatoms. The number of rotatable bonds is 3. The Hall–Kier alpha value is -1.63. The van der Waals surface area contributed by atoms with Crippen LogP contribution in [-0.4, -0.2) is 86.4 Å². The molecule has 2 saturated heterocycles. The summed E-state index contributed by atoms with van der Waals surface area (Å²) in [6.45, 7) is 3.12. The molecule has 24 heavy (non-hydrogen) atoms. The van der Waals surface area contributed by atoms with E-state index in [1.165, 1.54) is 17.7 Å². The zero-order valence-corrected chi connectivity index (χ0v) is 15.0. The Kier molecular flexibility index (Phi) is 6.60. The second-order valence-corrected chi connectivity index (χ2v) is 7.13. The summed E-state index contributed by atoms with van der Waals surface area (Å²) in [7, 11) is 5.31. The second-order valence-electron chi connectivity index (χ2n) is 7.13. The van der Waals surface area contributed by atoms with E-state index in [0.29, 0.717) is 19.0 Å². The molecular weight excluding hydrogens is 310 g/mol. The van der Waals surface area contributed by atoms with E-state index in [1.54, 1.807) is 19.0 Å². The molecular formula is C17H29N3O4. The lowest BCUT2D eigenvalue weighted by atomic mass is 9.79. The van der Waals surface area contributed by atoms with Gasteiger partial charge in [-0.05, 0) is 57.7 Å². The summed E-state index contributed by atoms with van der Waals surface area (Å²) in [6, 6.07) is 0. The van der Waals surface area contributed by atoms with Gasteiger partial charge in [-0.1, -0.05) is 0 Å². The van der Waals surface area contributed by atoms with E-state index in [1.807, 2.05) is 0 Å². The van der Waals surface area contributed by atoms with E-state index in [-0.39, 0.29) is 12.5 Å². The minimum Gasteiger partial charge on any atom is -0.448 e. The smallest absolute Gasteiger partial charge is 0.397 e. The predicted octanol–water partition coefficient (Wildman–Crippen LogP) is 0.198. The molecule has 0 aliphatic carbocycles. The van der Waals surface area contributed by atoms with Crippen molar-refractivity contribution < 1.29 is 19.1 Å². The zero-order valence-electron chi connectivity index (χ0n) is 15.0. The Morgan fingerprint density at radius 1 is 0.958 bits per heavy atom. The van der Waals surface area contributed by atoms with Gasteiger partial charge in [0.1, 0.15) is 0 Å². The summed E-state index contributed by atoms with van der Waals surface area (Å²) < 4.78 is 4.81. The van der Waals surface area contributed by atoms with Crippen LogP contribution in [0.4, 0.5) is 0 Å². The Balaban J connectivity index is 1.74. The summed E-state index contributed by atoms with van der Waals surface area (Å²) >= 11 is 0. The number of likely N-dealkylation sites (N-methyl/N-ethyl adjacent to an activating group) is 1. The molecule has 7 nitrogen and oxygen atoms in total. The summed E-state index contributed by atoms with van der Waals surface area (Å²) in [4.78, 5) is 40.6. The molecule has 0 unspecified atom stereocenters. The van der Waals surface area contributed by atoms with E-state index in [0.717, 1.165) is 31.8 Å². The highest BCUT2D eigenvalue weighted by atomic mass is 16.5. The van der Waals surface area contributed by atoms with Gasteiger partial charge in [0, 0.05) is 27.2 Å². The van der Waals surface area contributed by atoms with Crippen LogP contribution in [0.3, 0.4) is 0 Å². The molecule has 2 heterocycles. The van der Waals surface area contributed by atoms with Crippen molar-refractivity contribution in [2.75, 3.05) is 53.9 Å². The van der Waals surface area contributed by atoms with Crippen LogP contribution in [0.1, 0.15) is 25.7 Å².